The van der Waals surface area contributed by atoms with Crippen LogP contribution in [0.2, 0.25) is 0 Å². The molecule has 0 radical (unpaired) electrons. The topological polar surface area (TPSA) is 78.5 Å². The third-order valence-corrected chi connectivity index (χ3v) is 9.13. The van der Waals surface area contributed by atoms with Crippen LogP contribution in [-0.2, 0) is 9.47 Å². The predicted molar refractivity (Wildman–Crippen MR) is 194 cm³/mol. The minimum atomic E-state index is -0.514. The molecule has 9 nitrogen and oxygen atoms in total. The van der Waals surface area contributed by atoms with Crippen molar-refractivity contribution in [3.8, 4) is 22.5 Å². The van der Waals surface area contributed by atoms with E-state index in [4.69, 9.17) is 13.9 Å². The SMILES string of the molecule is CC(C)(C)OC(=O)N1CCN(c2ccc3c(-c4ccc(I)cc4)c4ccc(=[N+]5CCN(C(=O)OC(C)(C)C)CC5)cc-4oc3c2)CC1. The minimum absolute atomic E-state index is 0.263. The molecule has 2 aromatic carbocycles. The summed E-state index contributed by atoms with van der Waals surface area (Å²) in [5.74, 6) is 0.810. The Balaban J connectivity index is 1.33. The van der Waals surface area contributed by atoms with Crippen LogP contribution in [0.3, 0.4) is 0 Å². The summed E-state index contributed by atoms with van der Waals surface area (Å²) in [5, 5.41) is 2.11. The second kappa shape index (κ2) is 13.0. The number of anilines is 1. The van der Waals surface area contributed by atoms with E-state index >= 15 is 0 Å². The molecule has 248 valence electrons. The van der Waals surface area contributed by atoms with Crippen molar-refractivity contribution in [2.45, 2.75) is 52.7 Å². The Morgan fingerprint density at radius 3 is 1.94 bits per heavy atom. The summed E-state index contributed by atoms with van der Waals surface area (Å²) < 4.78 is 21.4. The molecule has 2 aromatic rings. The molecule has 47 heavy (non-hydrogen) atoms. The number of ether oxygens (including phenoxy) is 2. The van der Waals surface area contributed by atoms with Gasteiger partial charge in [0.15, 0.2) is 13.1 Å². The number of fused-ring (bicyclic) bond motifs is 2. The summed E-state index contributed by atoms with van der Waals surface area (Å²) in [6.45, 7) is 16.6. The van der Waals surface area contributed by atoms with Gasteiger partial charge in [0.25, 0.3) is 0 Å². The van der Waals surface area contributed by atoms with Crippen molar-refractivity contribution in [2.24, 2.45) is 0 Å². The van der Waals surface area contributed by atoms with Gasteiger partial charge < -0.3 is 23.7 Å². The van der Waals surface area contributed by atoms with E-state index in [1.54, 1.807) is 9.80 Å². The van der Waals surface area contributed by atoms with Gasteiger partial charge in [-0.3, -0.25) is 4.90 Å². The molecule has 6 rings (SSSR count). The molecule has 0 aromatic heterocycles. The summed E-state index contributed by atoms with van der Waals surface area (Å²) in [5.41, 5.74) is 4.17. The van der Waals surface area contributed by atoms with E-state index in [1.165, 1.54) is 3.57 Å². The number of amides is 2. The van der Waals surface area contributed by atoms with Gasteiger partial charge in [0, 0.05) is 64.1 Å². The van der Waals surface area contributed by atoms with Gasteiger partial charge in [-0.1, -0.05) is 12.1 Å². The molecule has 3 heterocycles. The monoisotopic (exact) mass is 751 g/mol. The van der Waals surface area contributed by atoms with Crippen LogP contribution in [0.4, 0.5) is 15.3 Å². The number of piperazine rings is 2. The Bertz CT molecular complexity index is 1820. The summed E-state index contributed by atoms with van der Waals surface area (Å²) in [6, 6.07) is 21.5. The predicted octanol–water partition coefficient (Wildman–Crippen LogP) is 6.89. The maximum atomic E-state index is 12.6. The van der Waals surface area contributed by atoms with E-state index in [2.05, 4.69) is 92.7 Å². The standard InChI is InChI=1S/C37H44IN4O5/c1-36(2,3)46-34(43)41-19-15-39(16-20-41)27-11-13-29-31(23-27)45-32-24-28(12-14-30(32)33(29)25-7-9-26(38)10-8-25)40-17-21-42(22-18-40)35(44)47-37(4,5)6/h7-14,23-24H,15-22H2,1-6H3/q+1. The van der Waals surface area contributed by atoms with Crippen molar-refractivity contribution >= 4 is 51.4 Å². The lowest BCUT2D eigenvalue weighted by Crippen LogP contribution is -2.51. The highest BCUT2D eigenvalue weighted by Crippen LogP contribution is 2.41. The molecule has 10 heteroatoms. The number of carbonyl (C=O) groups is 2. The van der Waals surface area contributed by atoms with E-state index < -0.39 is 11.2 Å². The summed E-state index contributed by atoms with van der Waals surface area (Å²) in [7, 11) is 0. The molecule has 2 fully saturated rings. The van der Waals surface area contributed by atoms with E-state index in [0.717, 1.165) is 44.5 Å². The second-order valence-corrected chi connectivity index (χ2v) is 15.5. The molecule has 2 amide bonds. The molecule has 3 aliphatic heterocycles. The smallest absolute Gasteiger partial charge is 0.410 e. The first kappa shape index (κ1) is 33.1. The lowest BCUT2D eigenvalue weighted by molar-refractivity contribution is 0.0214. The lowest BCUT2D eigenvalue weighted by atomic mass is 9.93. The van der Waals surface area contributed by atoms with E-state index in [-0.39, 0.29) is 12.2 Å². The molecule has 0 N–H and O–H groups in total. The second-order valence-electron chi connectivity index (χ2n) is 14.3. The zero-order valence-corrected chi connectivity index (χ0v) is 30.3. The molecular formula is C37H44IN4O5+. The number of benzene rings is 3. The van der Waals surface area contributed by atoms with Crippen molar-refractivity contribution in [1.29, 1.82) is 0 Å². The number of nitrogens with zero attached hydrogens (tertiary/aromatic N) is 4. The van der Waals surface area contributed by atoms with Crippen molar-refractivity contribution in [3.63, 3.8) is 0 Å². The molecule has 2 saturated heterocycles. The van der Waals surface area contributed by atoms with Crippen molar-refractivity contribution < 1.29 is 23.5 Å². The first-order valence-corrected chi connectivity index (χ1v) is 17.4. The summed E-state index contributed by atoms with van der Waals surface area (Å²) >= 11 is 2.34. The molecule has 0 unspecified atom stereocenters. The lowest BCUT2D eigenvalue weighted by Gasteiger charge is -2.36. The Kier molecular flexibility index (Phi) is 9.17. The van der Waals surface area contributed by atoms with Crippen molar-refractivity contribution in [1.82, 2.24) is 14.4 Å². The summed E-state index contributed by atoms with van der Waals surface area (Å²) in [6.07, 6.45) is -0.525. The van der Waals surface area contributed by atoms with Crippen LogP contribution in [0.5, 0.6) is 0 Å². The van der Waals surface area contributed by atoms with Crippen LogP contribution < -0.4 is 14.8 Å². The molecule has 4 aliphatic rings. The van der Waals surface area contributed by atoms with Crippen LogP contribution in [0.15, 0.2) is 65.1 Å². The normalized spacial score (nSPS) is 16.1. The fourth-order valence-electron chi connectivity index (χ4n) is 6.14. The first-order valence-electron chi connectivity index (χ1n) is 16.3. The Morgan fingerprint density at radius 2 is 1.34 bits per heavy atom. The number of hydrogen-bond acceptors (Lipinski definition) is 6. The highest BCUT2D eigenvalue weighted by atomic mass is 127. The maximum absolute atomic E-state index is 12.6. The fraction of sp³-hybridized carbons (Fsp3) is 0.432. The van der Waals surface area contributed by atoms with Crippen LogP contribution in [0.25, 0.3) is 33.4 Å². The van der Waals surface area contributed by atoms with Gasteiger partial charge in [-0.25, -0.2) is 14.2 Å². The third kappa shape index (κ3) is 7.69. The van der Waals surface area contributed by atoms with Crippen LogP contribution in [0, 0.1) is 3.57 Å². The Labute approximate surface area is 290 Å². The van der Waals surface area contributed by atoms with Gasteiger partial charge in [-0.2, -0.15) is 0 Å². The van der Waals surface area contributed by atoms with Crippen molar-refractivity contribution in [3.05, 3.63) is 69.6 Å². The average Bonchev–Trinajstić information content (AvgIpc) is 3.02. The van der Waals surface area contributed by atoms with Crippen LogP contribution in [0.1, 0.15) is 41.5 Å². The number of carbonyl (C=O) groups excluding carboxylic acids is 2. The van der Waals surface area contributed by atoms with Gasteiger partial charge in [0.2, 0.25) is 5.36 Å². The van der Waals surface area contributed by atoms with Gasteiger partial charge in [-0.05, 0) is 100 Å². The van der Waals surface area contributed by atoms with Crippen molar-refractivity contribution in [2.75, 3.05) is 57.3 Å². The van der Waals surface area contributed by atoms with E-state index in [9.17, 15) is 9.59 Å². The quantitative estimate of drug-likeness (QED) is 0.126. The fourth-order valence-corrected chi connectivity index (χ4v) is 6.50. The number of rotatable bonds is 2. The van der Waals surface area contributed by atoms with Crippen LogP contribution in [-0.4, -0.2) is 85.5 Å². The highest BCUT2D eigenvalue weighted by Gasteiger charge is 2.29. The average molecular weight is 752 g/mol. The zero-order chi connectivity index (χ0) is 33.5. The van der Waals surface area contributed by atoms with E-state index in [0.29, 0.717) is 52.4 Å². The van der Waals surface area contributed by atoms with Gasteiger partial charge in [0.05, 0.1) is 19.2 Å². The minimum Gasteiger partial charge on any atom is -0.456 e. The van der Waals surface area contributed by atoms with E-state index in [1.807, 2.05) is 41.5 Å². The zero-order valence-electron chi connectivity index (χ0n) is 28.1. The molecule has 0 saturated carbocycles. The summed E-state index contributed by atoms with van der Waals surface area (Å²) in [4.78, 5) is 31.1. The molecular weight excluding hydrogens is 707 g/mol. The van der Waals surface area contributed by atoms with Gasteiger partial charge in [0.1, 0.15) is 22.5 Å². The molecule has 0 atom stereocenters. The molecule has 0 bridgehead atoms. The van der Waals surface area contributed by atoms with Gasteiger partial charge in [-0.15, -0.1) is 0 Å². The Morgan fingerprint density at radius 1 is 0.745 bits per heavy atom. The largest absolute Gasteiger partial charge is 0.456 e. The number of halogens is 1. The number of hydrogen-bond donors (Lipinski definition) is 0. The Hall–Kier alpha value is -3.80. The first-order chi connectivity index (χ1) is 22.2. The van der Waals surface area contributed by atoms with Gasteiger partial charge >= 0.3 is 12.2 Å². The maximum Gasteiger partial charge on any atom is 0.410 e. The highest BCUT2D eigenvalue weighted by molar-refractivity contribution is 14.1. The molecule has 0 spiro atoms. The third-order valence-electron chi connectivity index (χ3n) is 8.41. The molecule has 1 aliphatic carbocycles. The van der Waals surface area contributed by atoms with Crippen LogP contribution >= 0.6 is 22.6 Å².